The number of aromatic nitrogens is 2. The Kier molecular flexibility index (Phi) is 5.70. The summed E-state index contributed by atoms with van der Waals surface area (Å²) >= 11 is 7.58. The summed E-state index contributed by atoms with van der Waals surface area (Å²) in [7, 11) is 0. The minimum Gasteiger partial charge on any atom is -0.352 e. The maximum absolute atomic E-state index is 12.1. The molecule has 0 aliphatic rings. The third-order valence-corrected chi connectivity index (χ3v) is 3.96. The molecule has 0 saturated heterocycles. The minimum absolute atomic E-state index is 0.122. The van der Waals surface area contributed by atoms with Crippen LogP contribution in [0, 0.1) is 6.92 Å². The van der Waals surface area contributed by atoms with Crippen molar-refractivity contribution in [1.82, 2.24) is 15.3 Å². The zero-order valence-corrected chi connectivity index (χ0v) is 13.7. The fraction of sp³-hybridized carbons (Fsp3) is 0.400. The van der Waals surface area contributed by atoms with Gasteiger partial charge in [-0.05, 0) is 25.5 Å². The van der Waals surface area contributed by atoms with E-state index in [1.54, 1.807) is 23.5 Å². The predicted molar refractivity (Wildman–Crippen MR) is 86.1 cm³/mol. The smallest absolute Gasteiger partial charge is 0.251 e. The predicted octanol–water partition coefficient (Wildman–Crippen LogP) is 3.42. The highest BCUT2D eigenvalue weighted by Gasteiger charge is 2.09. The Bertz CT molecular complexity index is 627. The normalized spacial score (nSPS) is 10.6. The molecule has 1 N–H and O–H groups in total. The van der Waals surface area contributed by atoms with E-state index in [0.29, 0.717) is 17.3 Å². The molecule has 112 valence electrons. The van der Waals surface area contributed by atoms with Crippen molar-refractivity contribution in [2.45, 2.75) is 33.1 Å². The largest absolute Gasteiger partial charge is 0.352 e. The molecule has 0 unspecified atom stereocenters. The second kappa shape index (κ2) is 7.52. The van der Waals surface area contributed by atoms with Crippen LogP contribution in [0.3, 0.4) is 0 Å². The fourth-order valence-corrected chi connectivity index (χ4v) is 2.87. The van der Waals surface area contributed by atoms with Gasteiger partial charge < -0.3 is 5.32 Å². The van der Waals surface area contributed by atoms with Gasteiger partial charge in [0.1, 0.15) is 5.15 Å². The minimum atomic E-state index is -0.122. The maximum Gasteiger partial charge on any atom is 0.251 e. The van der Waals surface area contributed by atoms with E-state index in [4.69, 9.17) is 11.6 Å². The van der Waals surface area contributed by atoms with Gasteiger partial charge in [-0.3, -0.25) is 4.79 Å². The third kappa shape index (κ3) is 4.79. The van der Waals surface area contributed by atoms with Gasteiger partial charge in [-0.25, -0.2) is 9.97 Å². The van der Waals surface area contributed by atoms with Gasteiger partial charge >= 0.3 is 0 Å². The number of halogens is 1. The summed E-state index contributed by atoms with van der Waals surface area (Å²) in [5.41, 5.74) is 2.43. The lowest BCUT2D eigenvalue weighted by molar-refractivity contribution is 0.0954. The first-order chi connectivity index (χ1) is 10.1. The molecule has 21 heavy (non-hydrogen) atoms. The highest BCUT2D eigenvalue weighted by molar-refractivity contribution is 7.09. The number of thiazole rings is 1. The number of nitrogens with zero attached hydrogens (tertiary/aromatic N) is 2. The molecular weight excluding hydrogens is 306 g/mol. The number of hydrogen-bond acceptors (Lipinski definition) is 4. The van der Waals surface area contributed by atoms with E-state index in [9.17, 15) is 4.79 Å². The number of pyridine rings is 1. The first-order valence-corrected chi connectivity index (χ1v) is 8.20. The van der Waals surface area contributed by atoms with Gasteiger partial charge in [-0.1, -0.05) is 24.9 Å². The second-order valence-corrected chi connectivity index (χ2v) is 6.23. The number of rotatable bonds is 6. The summed E-state index contributed by atoms with van der Waals surface area (Å²) < 4.78 is 0. The zero-order valence-electron chi connectivity index (χ0n) is 12.1. The van der Waals surface area contributed by atoms with Crippen molar-refractivity contribution in [3.8, 4) is 0 Å². The van der Waals surface area contributed by atoms with Crippen LogP contribution in [-0.4, -0.2) is 22.4 Å². The molecule has 0 fully saturated rings. The molecule has 2 heterocycles. The summed E-state index contributed by atoms with van der Waals surface area (Å²) in [5.74, 6) is -0.122. The lowest BCUT2D eigenvalue weighted by Crippen LogP contribution is -2.26. The standard InChI is InChI=1S/C15H18ClN3OS/c1-3-4-12-7-11(8-14(16)19-12)15(20)17-6-5-13-9-21-10(2)18-13/h7-9H,3-6H2,1-2H3,(H,17,20). The van der Waals surface area contributed by atoms with Crippen LogP contribution in [0.4, 0.5) is 0 Å². The molecule has 2 aromatic rings. The molecule has 2 rings (SSSR count). The van der Waals surface area contributed by atoms with Crippen molar-refractivity contribution >= 4 is 28.8 Å². The van der Waals surface area contributed by atoms with Gasteiger partial charge in [-0.2, -0.15) is 0 Å². The van der Waals surface area contributed by atoms with Gasteiger partial charge in [0.2, 0.25) is 0 Å². The van der Waals surface area contributed by atoms with E-state index in [1.807, 2.05) is 12.3 Å². The monoisotopic (exact) mass is 323 g/mol. The molecule has 0 spiro atoms. The highest BCUT2D eigenvalue weighted by Crippen LogP contribution is 2.12. The number of carbonyl (C=O) groups is 1. The van der Waals surface area contributed by atoms with Crippen molar-refractivity contribution in [1.29, 1.82) is 0 Å². The van der Waals surface area contributed by atoms with Crippen LogP contribution in [0.5, 0.6) is 0 Å². The molecular formula is C15H18ClN3OS. The van der Waals surface area contributed by atoms with Crippen molar-refractivity contribution < 1.29 is 4.79 Å². The fourth-order valence-electron chi connectivity index (χ4n) is 2.00. The topological polar surface area (TPSA) is 54.9 Å². The number of aryl methyl sites for hydroxylation is 2. The van der Waals surface area contributed by atoms with Crippen LogP contribution < -0.4 is 5.32 Å². The average molecular weight is 324 g/mol. The van der Waals surface area contributed by atoms with E-state index in [2.05, 4.69) is 22.2 Å². The third-order valence-electron chi connectivity index (χ3n) is 2.95. The van der Waals surface area contributed by atoms with E-state index in [1.165, 1.54) is 0 Å². The molecule has 0 atom stereocenters. The Balaban J connectivity index is 1.93. The van der Waals surface area contributed by atoms with Crippen molar-refractivity contribution in [2.75, 3.05) is 6.54 Å². The molecule has 0 aromatic carbocycles. The maximum atomic E-state index is 12.1. The Morgan fingerprint density at radius 1 is 1.29 bits per heavy atom. The summed E-state index contributed by atoms with van der Waals surface area (Å²) in [4.78, 5) is 20.7. The Morgan fingerprint density at radius 2 is 2.10 bits per heavy atom. The summed E-state index contributed by atoms with van der Waals surface area (Å²) in [5, 5.41) is 6.32. The van der Waals surface area contributed by atoms with Gasteiger partial charge in [0, 0.05) is 29.6 Å². The molecule has 0 bridgehead atoms. The van der Waals surface area contributed by atoms with E-state index >= 15 is 0 Å². The first-order valence-electron chi connectivity index (χ1n) is 6.94. The Labute approximate surface area is 133 Å². The molecule has 0 aliphatic heterocycles. The molecule has 4 nitrogen and oxygen atoms in total. The SMILES string of the molecule is CCCc1cc(C(=O)NCCc2csc(C)n2)cc(Cl)n1. The lowest BCUT2D eigenvalue weighted by Gasteiger charge is -2.06. The van der Waals surface area contributed by atoms with E-state index in [0.717, 1.165) is 35.7 Å². The molecule has 6 heteroatoms. The second-order valence-electron chi connectivity index (χ2n) is 4.78. The van der Waals surface area contributed by atoms with Crippen molar-refractivity contribution in [3.63, 3.8) is 0 Å². The molecule has 0 saturated carbocycles. The highest BCUT2D eigenvalue weighted by atomic mass is 35.5. The van der Waals surface area contributed by atoms with E-state index in [-0.39, 0.29) is 5.91 Å². The molecule has 0 radical (unpaired) electrons. The zero-order chi connectivity index (χ0) is 15.2. The van der Waals surface area contributed by atoms with Crippen molar-refractivity contribution in [2.24, 2.45) is 0 Å². The first kappa shape index (κ1) is 15.9. The summed E-state index contributed by atoms with van der Waals surface area (Å²) in [6.45, 7) is 4.60. The number of hydrogen-bond donors (Lipinski definition) is 1. The lowest BCUT2D eigenvalue weighted by atomic mass is 10.1. The molecule has 2 aromatic heterocycles. The van der Waals surface area contributed by atoms with Crippen LogP contribution in [-0.2, 0) is 12.8 Å². The van der Waals surface area contributed by atoms with Gasteiger partial charge in [0.15, 0.2) is 0 Å². The summed E-state index contributed by atoms with van der Waals surface area (Å²) in [6.07, 6.45) is 2.52. The van der Waals surface area contributed by atoms with Crippen LogP contribution in [0.2, 0.25) is 5.15 Å². The quantitative estimate of drug-likeness (QED) is 0.829. The van der Waals surface area contributed by atoms with Crippen LogP contribution in [0.25, 0.3) is 0 Å². The van der Waals surface area contributed by atoms with Gasteiger partial charge in [-0.15, -0.1) is 11.3 Å². The Hall–Kier alpha value is -1.46. The summed E-state index contributed by atoms with van der Waals surface area (Å²) in [6, 6.07) is 3.40. The van der Waals surface area contributed by atoms with Crippen LogP contribution in [0.1, 0.15) is 40.1 Å². The molecule has 1 amide bonds. The van der Waals surface area contributed by atoms with Gasteiger partial charge in [0.25, 0.3) is 5.91 Å². The van der Waals surface area contributed by atoms with Crippen LogP contribution in [0.15, 0.2) is 17.5 Å². The Morgan fingerprint density at radius 3 is 2.76 bits per heavy atom. The van der Waals surface area contributed by atoms with Gasteiger partial charge in [0.05, 0.1) is 10.7 Å². The van der Waals surface area contributed by atoms with E-state index < -0.39 is 0 Å². The van der Waals surface area contributed by atoms with Crippen LogP contribution >= 0.6 is 22.9 Å². The molecule has 0 aliphatic carbocycles. The number of carbonyl (C=O) groups excluding carboxylic acids is 1. The average Bonchev–Trinajstić information content (AvgIpc) is 2.84. The number of nitrogens with one attached hydrogen (secondary N) is 1. The van der Waals surface area contributed by atoms with Crippen molar-refractivity contribution in [3.05, 3.63) is 44.6 Å². The number of amides is 1.